The van der Waals surface area contributed by atoms with Crippen molar-refractivity contribution in [1.29, 1.82) is 0 Å². The van der Waals surface area contributed by atoms with Gasteiger partial charge in [0.05, 0.1) is 0 Å². The summed E-state index contributed by atoms with van der Waals surface area (Å²) in [5.74, 6) is 1.64. The lowest BCUT2D eigenvalue weighted by Gasteiger charge is -2.28. The van der Waals surface area contributed by atoms with Crippen molar-refractivity contribution in [3.05, 3.63) is 72.3 Å². The van der Waals surface area contributed by atoms with Crippen molar-refractivity contribution >= 4 is 17.7 Å². The summed E-state index contributed by atoms with van der Waals surface area (Å²) in [7, 11) is 0. The zero-order chi connectivity index (χ0) is 19.2. The molecule has 0 N–H and O–H groups in total. The quantitative estimate of drug-likeness (QED) is 0.701. The highest BCUT2D eigenvalue weighted by molar-refractivity contribution is 5.96. The number of ether oxygens (including phenoxy) is 2. The minimum atomic E-state index is 0.0309. The first kappa shape index (κ1) is 18.4. The number of nitrogens with zero attached hydrogens (tertiary/aromatic N) is 1. The zero-order valence-electron chi connectivity index (χ0n) is 15.9. The minimum Gasteiger partial charge on any atom is -0.486 e. The minimum absolute atomic E-state index is 0.0309. The van der Waals surface area contributed by atoms with Gasteiger partial charge in [0.2, 0.25) is 5.91 Å². The molecule has 144 valence electrons. The van der Waals surface area contributed by atoms with Crippen molar-refractivity contribution in [3.8, 4) is 11.5 Å². The number of hydrogen-bond donors (Lipinski definition) is 0. The van der Waals surface area contributed by atoms with Gasteiger partial charge in [-0.05, 0) is 37.0 Å². The van der Waals surface area contributed by atoms with Crippen LogP contribution in [-0.4, -0.2) is 25.7 Å². The van der Waals surface area contributed by atoms with Gasteiger partial charge in [-0.1, -0.05) is 54.6 Å². The van der Waals surface area contributed by atoms with Gasteiger partial charge >= 0.3 is 0 Å². The van der Waals surface area contributed by atoms with E-state index in [1.54, 1.807) is 0 Å². The predicted octanol–water partition coefficient (Wildman–Crippen LogP) is 4.86. The number of amides is 1. The molecule has 0 fully saturated rings. The highest BCUT2D eigenvalue weighted by atomic mass is 16.6. The lowest BCUT2D eigenvalue weighted by atomic mass is 9.93. The second kappa shape index (κ2) is 8.79. The molecule has 0 spiro atoms. The van der Waals surface area contributed by atoms with Crippen LogP contribution in [0.5, 0.6) is 11.5 Å². The average molecular weight is 375 g/mol. The maximum Gasteiger partial charge on any atom is 0.230 e. The molecule has 0 saturated carbocycles. The standard InChI is InChI=1S/C24H25NO3/c26-24(20-11-5-2-6-12-20)25(15-7-10-19-8-3-1-4-9-19)21-13-14-22-23(18-21)28-17-16-27-22/h1-5,7-10,13-14,18,20H,6,11-12,15-17H2/b10-7+. The van der Waals surface area contributed by atoms with Gasteiger partial charge in [-0.2, -0.15) is 0 Å². The van der Waals surface area contributed by atoms with E-state index in [1.165, 1.54) is 0 Å². The van der Waals surface area contributed by atoms with Crippen molar-refractivity contribution in [2.75, 3.05) is 24.7 Å². The molecule has 2 aromatic carbocycles. The molecule has 1 heterocycles. The van der Waals surface area contributed by atoms with Crippen molar-refractivity contribution < 1.29 is 14.3 Å². The average Bonchev–Trinajstić information content (AvgIpc) is 2.77. The van der Waals surface area contributed by atoms with Gasteiger partial charge in [0.15, 0.2) is 11.5 Å². The maximum atomic E-state index is 13.3. The Kier molecular flexibility index (Phi) is 5.76. The van der Waals surface area contributed by atoms with Crippen molar-refractivity contribution in [1.82, 2.24) is 0 Å². The first-order valence-electron chi connectivity index (χ1n) is 9.89. The Hall–Kier alpha value is -3.01. The van der Waals surface area contributed by atoms with Crippen LogP contribution in [0, 0.1) is 5.92 Å². The van der Waals surface area contributed by atoms with E-state index >= 15 is 0 Å². The third-order valence-electron chi connectivity index (χ3n) is 5.12. The van der Waals surface area contributed by atoms with Gasteiger partial charge in [-0.25, -0.2) is 0 Å². The largest absolute Gasteiger partial charge is 0.486 e. The fourth-order valence-electron chi connectivity index (χ4n) is 3.62. The van der Waals surface area contributed by atoms with Gasteiger partial charge in [0.1, 0.15) is 13.2 Å². The van der Waals surface area contributed by atoms with Crippen LogP contribution in [0.2, 0.25) is 0 Å². The van der Waals surface area contributed by atoms with E-state index in [4.69, 9.17) is 9.47 Å². The van der Waals surface area contributed by atoms with Gasteiger partial charge in [-0.15, -0.1) is 0 Å². The van der Waals surface area contributed by atoms with Crippen LogP contribution in [0.1, 0.15) is 24.8 Å². The molecule has 0 radical (unpaired) electrons. The van der Waals surface area contributed by atoms with Gasteiger partial charge in [0.25, 0.3) is 0 Å². The van der Waals surface area contributed by atoms with E-state index in [2.05, 4.69) is 30.4 Å². The second-order valence-electron chi connectivity index (χ2n) is 7.07. The summed E-state index contributed by atoms with van der Waals surface area (Å²) in [6, 6.07) is 15.9. The van der Waals surface area contributed by atoms with Crippen LogP contribution < -0.4 is 14.4 Å². The molecule has 2 aromatic rings. The third kappa shape index (κ3) is 4.28. The second-order valence-corrected chi connectivity index (χ2v) is 7.07. The van der Waals surface area contributed by atoms with Crippen LogP contribution in [0.4, 0.5) is 5.69 Å². The van der Waals surface area contributed by atoms with E-state index in [0.29, 0.717) is 25.5 Å². The Labute approximate surface area is 166 Å². The highest BCUT2D eigenvalue weighted by Gasteiger charge is 2.26. The van der Waals surface area contributed by atoms with Gasteiger partial charge in [-0.3, -0.25) is 4.79 Å². The van der Waals surface area contributed by atoms with Crippen molar-refractivity contribution in [3.63, 3.8) is 0 Å². The number of carbonyl (C=O) groups is 1. The molecule has 1 amide bonds. The fraction of sp³-hybridized carbons (Fsp3) is 0.292. The number of anilines is 1. The predicted molar refractivity (Wildman–Crippen MR) is 112 cm³/mol. The first-order valence-corrected chi connectivity index (χ1v) is 9.89. The van der Waals surface area contributed by atoms with Crippen molar-refractivity contribution in [2.24, 2.45) is 5.92 Å². The molecule has 0 aromatic heterocycles. The third-order valence-corrected chi connectivity index (χ3v) is 5.12. The maximum absolute atomic E-state index is 13.3. The SMILES string of the molecule is O=C(C1CC=CCC1)N(C/C=C/c1ccccc1)c1ccc2c(c1)OCCO2. The van der Waals surface area contributed by atoms with Crippen LogP contribution in [0.3, 0.4) is 0 Å². The Bertz CT molecular complexity index is 873. The van der Waals surface area contributed by atoms with E-state index in [9.17, 15) is 4.79 Å². The number of allylic oxidation sites excluding steroid dienone is 2. The number of hydrogen-bond acceptors (Lipinski definition) is 3. The highest BCUT2D eigenvalue weighted by Crippen LogP contribution is 2.35. The molecule has 0 saturated heterocycles. The molecular weight excluding hydrogens is 350 g/mol. The Balaban J connectivity index is 1.58. The van der Waals surface area contributed by atoms with Crippen LogP contribution in [0.25, 0.3) is 6.08 Å². The fourth-order valence-corrected chi connectivity index (χ4v) is 3.62. The molecule has 1 aliphatic heterocycles. The van der Waals surface area contributed by atoms with Crippen LogP contribution in [-0.2, 0) is 4.79 Å². The lowest BCUT2D eigenvalue weighted by Crippen LogP contribution is -2.37. The summed E-state index contributed by atoms with van der Waals surface area (Å²) >= 11 is 0. The first-order chi connectivity index (χ1) is 13.8. The molecular formula is C24H25NO3. The van der Waals surface area contributed by atoms with E-state index in [0.717, 1.165) is 36.3 Å². The summed E-state index contributed by atoms with van der Waals surface area (Å²) in [6.07, 6.45) is 11.1. The smallest absolute Gasteiger partial charge is 0.230 e. The summed E-state index contributed by atoms with van der Waals surface area (Å²) in [4.78, 5) is 15.2. The molecule has 4 nitrogen and oxygen atoms in total. The zero-order valence-corrected chi connectivity index (χ0v) is 15.9. The molecule has 0 bridgehead atoms. The number of fused-ring (bicyclic) bond motifs is 1. The number of benzene rings is 2. The number of rotatable bonds is 5. The van der Waals surface area contributed by atoms with E-state index in [1.807, 2.05) is 47.4 Å². The monoisotopic (exact) mass is 375 g/mol. The Morgan fingerprint density at radius 3 is 2.64 bits per heavy atom. The number of carbonyl (C=O) groups excluding carboxylic acids is 1. The van der Waals surface area contributed by atoms with Gasteiger partial charge < -0.3 is 14.4 Å². The molecule has 2 aliphatic rings. The topological polar surface area (TPSA) is 38.8 Å². The summed E-state index contributed by atoms with van der Waals surface area (Å²) in [6.45, 7) is 1.61. The molecule has 28 heavy (non-hydrogen) atoms. The van der Waals surface area contributed by atoms with E-state index < -0.39 is 0 Å². The molecule has 4 rings (SSSR count). The van der Waals surface area contributed by atoms with Crippen LogP contribution >= 0.6 is 0 Å². The summed E-state index contributed by atoms with van der Waals surface area (Å²) in [5, 5.41) is 0. The van der Waals surface area contributed by atoms with Crippen molar-refractivity contribution in [2.45, 2.75) is 19.3 Å². The normalized spacial score (nSPS) is 18.2. The summed E-state index contributed by atoms with van der Waals surface area (Å²) in [5.41, 5.74) is 1.97. The molecule has 1 unspecified atom stereocenters. The van der Waals surface area contributed by atoms with E-state index in [-0.39, 0.29) is 11.8 Å². The van der Waals surface area contributed by atoms with Gasteiger partial charge in [0, 0.05) is 24.2 Å². The molecule has 1 aliphatic carbocycles. The lowest BCUT2D eigenvalue weighted by molar-refractivity contribution is -0.122. The Morgan fingerprint density at radius 1 is 1.04 bits per heavy atom. The molecule has 1 atom stereocenters. The molecule has 4 heteroatoms. The summed E-state index contributed by atoms with van der Waals surface area (Å²) < 4.78 is 11.3. The van der Waals surface area contributed by atoms with Crippen LogP contribution in [0.15, 0.2) is 66.8 Å². The Morgan fingerprint density at radius 2 is 1.86 bits per heavy atom.